The Morgan fingerprint density at radius 1 is 1.29 bits per heavy atom. The number of ether oxygens (including phenoxy) is 1. The third kappa shape index (κ3) is 6.06. The number of aromatic nitrogens is 1. The van der Waals surface area contributed by atoms with Crippen molar-refractivity contribution in [2.45, 2.75) is 33.3 Å². The molecule has 1 aliphatic heterocycles. The van der Waals surface area contributed by atoms with Crippen LogP contribution in [0, 0.1) is 12.8 Å². The second-order valence-electron chi connectivity index (χ2n) is 7.39. The minimum atomic E-state index is 0.565. The predicted molar refractivity (Wildman–Crippen MR) is 114 cm³/mol. The zero-order valence-electron chi connectivity index (χ0n) is 17.1. The summed E-state index contributed by atoms with van der Waals surface area (Å²) < 4.78 is 5.95. The molecule has 28 heavy (non-hydrogen) atoms. The van der Waals surface area contributed by atoms with Gasteiger partial charge in [0, 0.05) is 44.5 Å². The van der Waals surface area contributed by atoms with Gasteiger partial charge in [0.05, 0.1) is 13.2 Å². The van der Waals surface area contributed by atoms with Crippen LogP contribution in [0.25, 0.3) is 0 Å². The molecule has 1 aromatic carbocycles. The summed E-state index contributed by atoms with van der Waals surface area (Å²) in [4.78, 5) is 11.4. The van der Waals surface area contributed by atoms with Crippen LogP contribution >= 0.6 is 0 Å². The third-order valence-electron chi connectivity index (χ3n) is 5.16. The summed E-state index contributed by atoms with van der Waals surface area (Å²) in [5, 5.41) is 3.45. The van der Waals surface area contributed by atoms with E-state index in [2.05, 4.69) is 59.4 Å². The maximum absolute atomic E-state index is 5.95. The van der Waals surface area contributed by atoms with Crippen LogP contribution in [-0.2, 0) is 17.8 Å². The Hall–Kier alpha value is -2.40. The van der Waals surface area contributed by atoms with E-state index in [0.29, 0.717) is 12.5 Å². The van der Waals surface area contributed by atoms with Crippen molar-refractivity contribution >= 4 is 5.96 Å². The van der Waals surface area contributed by atoms with Gasteiger partial charge in [-0.15, -0.1) is 0 Å². The SMILES string of the molecule is CCNC(=NCCc1ccncc1C)N1CCC(COCc2ccccc2)C1. The van der Waals surface area contributed by atoms with Crippen LogP contribution in [0.5, 0.6) is 0 Å². The van der Waals surface area contributed by atoms with Crippen molar-refractivity contribution in [2.24, 2.45) is 10.9 Å². The van der Waals surface area contributed by atoms with Crippen LogP contribution in [0.2, 0.25) is 0 Å². The zero-order chi connectivity index (χ0) is 19.6. The van der Waals surface area contributed by atoms with Gasteiger partial charge in [-0.05, 0) is 49.4 Å². The molecule has 1 aliphatic rings. The van der Waals surface area contributed by atoms with Crippen molar-refractivity contribution in [3.63, 3.8) is 0 Å². The molecule has 0 spiro atoms. The van der Waals surface area contributed by atoms with Gasteiger partial charge in [-0.3, -0.25) is 9.98 Å². The number of rotatable bonds is 8. The van der Waals surface area contributed by atoms with Crippen LogP contribution < -0.4 is 5.32 Å². The van der Waals surface area contributed by atoms with Gasteiger partial charge in [0.15, 0.2) is 5.96 Å². The number of aryl methyl sites for hydroxylation is 1. The Morgan fingerprint density at radius 3 is 2.93 bits per heavy atom. The molecule has 150 valence electrons. The fourth-order valence-corrected chi connectivity index (χ4v) is 3.57. The van der Waals surface area contributed by atoms with Crippen molar-refractivity contribution in [1.82, 2.24) is 15.2 Å². The lowest BCUT2D eigenvalue weighted by Crippen LogP contribution is -2.40. The molecule has 3 rings (SSSR count). The molecular formula is C23H32N4O. The second kappa shape index (κ2) is 10.8. The molecule has 2 aromatic rings. The number of benzene rings is 1. The van der Waals surface area contributed by atoms with Crippen LogP contribution in [0.4, 0.5) is 0 Å². The summed E-state index contributed by atoms with van der Waals surface area (Å²) in [6, 6.07) is 12.5. The van der Waals surface area contributed by atoms with Crippen molar-refractivity contribution in [3.05, 3.63) is 65.5 Å². The Balaban J connectivity index is 1.46. The molecule has 2 heterocycles. The number of hydrogen-bond donors (Lipinski definition) is 1. The van der Waals surface area contributed by atoms with Gasteiger partial charge in [-0.2, -0.15) is 0 Å². The average molecular weight is 381 g/mol. The zero-order valence-corrected chi connectivity index (χ0v) is 17.1. The topological polar surface area (TPSA) is 49.8 Å². The number of likely N-dealkylation sites (tertiary alicyclic amines) is 1. The first-order chi connectivity index (χ1) is 13.8. The van der Waals surface area contributed by atoms with Crippen LogP contribution in [0.3, 0.4) is 0 Å². The smallest absolute Gasteiger partial charge is 0.193 e. The number of hydrogen-bond acceptors (Lipinski definition) is 3. The normalized spacial score (nSPS) is 17.1. The molecule has 0 bridgehead atoms. The largest absolute Gasteiger partial charge is 0.376 e. The molecule has 1 aromatic heterocycles. The molecule has 0 radical (unpaired) electrons. The lowest BCUT2D eigenvalue weighted by atomic mass is 10.1. The number of aliphatic imine (C=N–C) groups is 1. The minimum Gasteiger partial charge on any atom is -0.376 e. The van der Waals surface area contributed by atoms with Gasteiger partial charge in [-0.1, -0.05) is 30.3 Å². The van der Waals surface area contributed by atoms with E-state index in [1.165, 1.54) is 16.7 Å². The van der Waals surface area contributed by atoms with Crippen molar-refractivity contribution in [3.8, 4) is 0 Å². The summed E-state index contributed by atoms with van der Waals surface area (Å²) in [6.07, 6.45) is 5.88. The van der Waals surface area contributed by atoms with Gasteiger partial charge in [0.25, 0.3) is 0 Å². The van der Waals surface area contributed by atoms with Gasteiger partial charge < -0.3 is 15.0 Å². The molecule has 5 heteroatoms. The lowest BCUT2D eigenvalue weighted by molar-refractivity contribution is 0.0907. The van der Waals surface area contributed by atoms with E-state index >= 15 is 0 Å². The molecule has 0 aliphatic carbocycles. The van der Waals surface area contributed by atoms with Gasteiger partial charge in [0.2, 0.25) is 0 Å². The van der Waals surface area contributed by atoms with E-state index in [-0.39, 0.29) is 0 Å². The Labute approximate surface area is 168 Å². The van der Waals surface area contributed by atoms with Gasteiger partial charge >= 0.3 is 0 Å². The van der Waals surface area contributed by atoms with E-state index in [1.807, 2.05) is 18.5 Å². The molecule has 1 saturated heterocycles. The highest BCUT2D eigenvalue weighted by molar-refractivity contribution is 5.80. The first-order valence-electron chi connectivity index (χ1n) is 10.3. The highest BCUT2D eigenvalue weighted by atomic mass is 16.5. The van der Waals surface area contributed by atoms with Crippen molar-refractivity contribution < 1.29 is 4.74 Å². The quantitative estimate of drug-likeness (QED) is 0.563. The molecule has 1 fully saturated rings. The summed E-state index contributed by atoms with van der Waals surface area (Å²) in [5.41, 5.74) is 3.79. The third-order valence-corrected chi connectivity index (χ3v) is 5.16. The van der Waals surface area contributed by atoms with E-state index in [9.17, 15) is 0 Å². The fraction of sp³-hybridized carbons (Fsp3) is 0.478. The van der Waals surface area contributed by atoms with E-state index in [4.69, 9.17) is 9.73 Å². The van der Waals surface area contributed by atoms with Crippen LogP contribution in [-0.4, -0.2) is 48.6 Å². The minimum absolute atomic E-state index is 0.565. The van der Waals surface area contributed by atoms with Crippen LogP contribution in [0.1, 0.15) is 30.0 Å². The molecule has 1 atom stereocenters. The highest BCUT2D eigenvalue weighted by Crippen LogP contribution is 2.17. The summed E-state index contributed by atoms with van der Waals surface area (Å²) >= 11 is 0. The monoisotopic (exact) mass is 380 g/mol. The lowest BCUT2D eigenvalue weighted by Gasteiger charge is -2.21. The van der Waals surface area contributed by atoms with Gasteiger partial charge in [-0.25, -0.2) is 0 Å². The second-order valence-corrected chi connectivity index (χ2v) is 7.39. The first kappa shape index (κ1) is 20.3. The molecule has 1 N–H and O–H groups in total. The molecule has 5 nitrogen and oxygen atoms in total. The molecule has 1 unspecified atom stereocenters. The predicted octanol–water partition coefficient (Wildman–Crippen LogP) is 3.44. The van der Waals surface area contributed by atoms with E-state index in [0.717, 1.165) is 51.6 Å². The summed E-state index contributed by atoms with van der Waals surface area (Å²) in [6.45, 7) is 9.46. The van der Waals surface area contributed by atoms with E-state index in [1.54, 1.807) is 0 Å². The summed E-state index contributed by atoms with van der Waals surface area (Å²) in [5.74, 6) is 1.59. The number of guanidine groups is 1. The maximum Gasteiger partial charge on any atom is 0.193 e. The first-order valence-corrected chi connectivity index (χ1v) is 10.3. The molecule has 0 saturated carbocycles. The molecule has 0 amide bonds. The average Bonchev–Trinajstić information content (AvgIpc) is 3.18. The summed E-state index contributed by atoms with van der Waals surface area (Å²) in [7, 11) is 0. The highest BCUT2D eigenvalue weighted by Gasteiger charge is 2.24. The van der Waals surface area contributed by atoms with Crippen molar-refractivity contribution in [2.75, 3.05) is 32.8 Å². The Bertz CT molecular complexity index is 747. The Morgan fingerprint density at radius 2 is 2.14 bits per heavy atom. The molecular weight excluding hydrogens is 348 g/mol. The maximum atomic E-state index is 5.95. The number of nitrogens with one attached hydrogen (secondary N) is 1. The number of nitrogens with zero attached hydrogens (tertiary/aromatic N) is 3. The van der Waals surface area contributed by atoms with Crippen molar-refractivity contribution in [1.29, 1.82) is 0 Å². The number of pyridine rings is 1. The van der Waals surface area contributed by atoms with Gasteiger partial charge in [0.1, 0.15) is 0 Å². The Kier molecular flexibility index (Phi) is 7.85. The van der Waals surface area contributed by atoms with Crippen LogP contribution in [0.15, 0.2) is 53.8 Å². The standard InChI is InChI=1S/C23H32N4O/c1-3-25-23(26-13-10-22-9-12-24-15-19(22)2)27-14-11-21(16-27)18-28-17-20-7-5-4-6-8-20/h4-9,12,15,21H,3,10-11,13-14,16-18H2,1-2H3,(H,25,26). The van der Waals surface area contributed by atoms with E-state index < -0.39 is 0 Å². The fourth-order valence-electron chi connectivity index (χ4n) is 3.57.